The van der Waals surface area contributed by atoms with E-state index in [4.69, 9.17) is 34.2 Å². The molecule has 0 spiro atoms. The van der Waals surface area contributed by atoms with Gasteiger partial charge in [0.1, 0.15) is 91.6 Å². The molecule has 0 unspecified atom stereocenters. The van der Waals surface area contributed by atoms with Crippen LogP contribution in [-0.2, 0) is 28.4 Å². The Morgan fingerprint density at radius 1 is 0.578 bits per heavy atom. The van der Waals surface area contributed by atoms with E-state index < -0.39 is 150 Å². The van der Waals surface area contributed by atoms with Gasteiger partial charge in [0.25, 0.3) is 0 Å². The molecule has 3 saturated heterocycles. The maximum atomic E-state index is 10.8. The zero-order valence-electron chi connectivity index (χ0n) is 23.8. The fourth-order valence-corrected chi connectivity index (χ4v) is 5.04. The molecule has 45 heavy (non-hydrogen) atoms. The van der Waals surface area contributed by atoms with Gasteiger partial charge < -0.3 is 106 Å². The number of hydrogen-bond donors (Lipinski definition) is 15. The van der Waals surface area contributed by atoms with Crippen molar-refractivity contribution >= 4 is 0 Å². The molecule has 0 bridgehead atoms. The Morgan fingerprint density at radius 2 is 1.07 bits per heavy atom. The van der Waals surface area contributed by atoms with Crippen LogP contribution in [0.25, 0.3) is 0 Å². The lowest BCUT2D eigenvalue weighted by molar-refractivity contribution is -0.374. The molecule has 3 rings (SSSR count). The topological polar surface area (TPSA) is 365 Å². The number of aliphatic hydroxyl groups is 14. The van der Waals surface area contributed by atoms with E-state index in [1.807, 2.05) is 0 Å². The van der Waals surface area contributed by atoms with Crippen LogP contribution >= 0.6 is 0 Å². The zero-order valence-corrected chi connectivity index (χ0v) is 23.8. The molecule has 0 aromatic rings. The lowest BCUT2D eigenvalue weighted by Gasteiger charge is -2.46. The number of ether oxygens (including phenoxy) is 6. The van der Waals surface area contributed by atoms with E-state index in [1.165, 1.54) is 0 Å². The first kappa shape index (κ1) is 38.6. The normalized spacial score (nSPS) is 45.5. The van der Waals surface area contributed by atoms with Gasteiger partial charge in [-0.1, -0.05) is 0 Å². The molecule has 16 N–H and O–H groups in total. The summed E-state index contributed by atoms with van der Waals surface area (Å²) in [5.74, 6) is 0. The van der Waals surface area contributed by atoms with Gasteiger partial charge in [-0.25, -0.2) is 0 Å². The third-order valence-corrected chi connectivity index (χ3v) is 7.90. The predicted octanol–water partition coefficient (Wildman–Crippen LogP) is -10.1. The third-order valence-electron chi connectivity index (χ3n) is 7.90. The van der Waals surface area contributed by atoms with Gasteiger partial charge in [-0.3, -0.25) is 0 Å². The van der Waals surface area contributed by atoms with Crippen LogP contribution in [0.3, 0.4) is 0 Å². The van der Waals surface area contributed by atoms with Crippen molar-refractivity contribution in [3.63, 3.8) is 0 Å². The molecule has 3 fully saturated rings. The van der Waals surface area contributed by atoms with Gasteiger partial charge in [-0.05, 0) is 0 Å². The van der Waals surface area contributed by atoms with E-state index in [-0.39, 0.29) is 0 Å². The Balaban J connectivity index is 1.78. The standard InChI is InChI=1S/C24H45NO20/c25-6(1-26)11(31)20(7(30)2-27)44-23-19(39)16(36)14(34)10(43-23)5-40-24-21(17(37)13(33)9(4-29)42-24)45-22-18(38)15(35)12(32)8(3-28)41-22/h6-24,26-39H,1-5,25H2/t6-,7+,8+,9+,10+,11+,12+,13+,14+,15-,16-,17-,18-,19-,20+,21-,22+,23+,24-/m0/s1. The molecule has 0 amide bonds. The van der Waals surface area contributed by atoms with E-state index in [1.54, 1.807) is 0 Å². The summed E-state index contributed by atoms with van der Waals surface area (Å²) in [6, 6.07) is -1.38. The average molecular weight is 668 g/mol. The molecule has 3 heterocycles. The van der Waals surface area contributed by atoms with Crippen molar-refractivity contribution < 1.29 is 99.9 Å². The van der Waals surface area contributed by atoms with Crippen LogP contribution in [0.2, 0.25) is 0 Å². The lowest BCUT2D eigenvalue weighted by Crippen LogP contribution is -2.65. The van der Waals surface area contributed by atoms with Crippen LogP contribution in [0.5, 0.6) is 0 Å². The minimum atomic E-state index is -1.99. The van der Waals surface area contributed by atoms with Gasteiger partial charge in [0, 0.05) is 0 Å². The van der Waals surface area contributed by atoms with Gasteiger partial charge in [-0.15, -0.1) is 0 Å². The van der Waals surface area contributed by atoms with Gasteiger partial charge in [0.15, 0.2) is 18.9 Å². The Labute approximate surface area is 255 Å². The minimum absolute atomic E-state index is 0.767. The first-order chi connectivity index (χ1) is 21.2. The third kappa shape index (κ3) is 8.61. The molecule has 19 atom stereocenters. The van der Waals surface area contributed by atoms with Crippen molar-refractivity contribution in [1.82, 2.24) is 0 Å². The summed E-state index contributed by atoms with van der Waals surface area (Å²) in [5.41, 5.74) is 5.59. The smallest absolute Gasteiger partial charge is 0.187 e. The van der Waals surface area contributed by atoms with Crippen LogP contribution in [0.15, 0.2) is 0 Å². The highest BCUT2D eigenvalue weighted by atomic mass is 16.8. The summed E-state index contributed by atoms with van der Waals surface area (Å²) in [5, 5.41) is 141. The van der Waals surface area contributed by atoms with Crippen LogP contribution in [-0.4, -0.2) is 221 Å². The first-order valence-electron chi connectivity index (χ1n) is 14.1. The summed E-state index contributed by atoms with van der Waals surface area (Å²) >= 11 is 0. The number of hydrogen-bond acceptors (Lipinski definition) is 21. The molecule has 21 nitrogen and oxygen atoms in total. The van der Waals surface area contributed by atoms with E-state index in [0.29, 0.717) is 0 Å². The van der Waals surface area contributed by atoms with Gasteiger partial charge in [-0.2, -0.15) is 0 Å². The van der Waals surface area contributed by atoms with Crippen molar-refractivity contribution in [3.05, 3.63) is 0 Å². The van der Waals surface area contributed by atoms with Crippen LogP contribution < -0.4 is 5.73 Å². The van der Waals surface area contributed by atoms with E-state index in [2.05, 4.69) is 0 Å². The molecule has 0 aromatic carbocycles. The molecule has 3 aliphatic rings. The Kier molecular flexibility index (Phi) is 14.6. The quantitative estimate of drug-likeness (QED) is 0.0817. The second-order valence-corrected chi connectivity index (χ2v) is 11.0. The SMILES string of the molecule is N[C@@H](CO)[C@@H](O)[C@H](O[C@H]1O[C@H](CO[C@H]2O[C@H](CO)[C@@H](O)[C@H](O)[C@@H]2O[C@H]2O[C@H](CO)[C@@H](O)[C@H](O)[C@@H]2O)[C@@H](O)[C@H](O)[C@@H]1O)[C@H](O)CO. The monoisotopic (exact) mass is 667 g/mol. The molecule has 0 saturated carbocycles. The highest BCUT2D eigenvalue weighted by Gasteiger charge is 2.52. The van der Waals surface area contributed by atoms with Crippen molar-refractivity contribution in [2.75, 3.05) is 33.0 Å². The largest absolute Gasteiger partial charge is 0.395 e. The number of aliphatic hydroxyl groups excluding tert-OH is 14. The molecule has 0 aromatic heterocycles. The highest BCUT2D eigenvalue weighted by molar-refractivity contribution is 4.95. The van der Waals surface area contributed by atoms with Crippen molar-refractivity contribution in [2.24, 2.45) is 5.73 Å². The van der Waals surface area contributed by atoms with Crippen molar-refractivity contribution in [3.8, 4) is 0 Å². The maximum absolute atomic E-state index is 10.8. The van der Waals surface area contributed by atoms with Gasteiger partial charge >= 0.3 is 0 Å². The first-order valence-corrected chi connectivity index (χ1v) is 14.1. The molecule has 0 radical (unpaired) electrons. The summed E-state index contributed by atoms with van der Waals surface area (Å²) in [7, 11) is 0. The summed E-state index contributed by atoms with van der Waals surface area (Å²) in [6.45, 7) is -4.14. The van der Waals surface area contributed by atoms with E-state index in [9.17, 15) is 71.5 Å². The Bertz CT molecular complexity index is 877. The molecule has 21 heteroatoms. The molecule has 3 aliphatic heterocycles. The van der Waals surface area contributed by atoms with Crippen molar-refractivity contribution in [2.45, 2.75) is 116 Å². The van der Waals surface area contributed by atoms with Crippen LogP contribution in [0, 0.1) is 0 Å². The summed E-state index contributed by atoms with van der Waals surface area (Å²) < 4.78 is 32.8. The fourth-order valence-electron chi connectivity index (χ4n) is 5.04. The number of rotatable bonds is 14. The second-order valence-electron chi connectivity index (χ2n) is 11.0. The lowest BCUT2D eigenvalue weighted by atomic mass is 9.97. The number of nitrogens with two attached hydrogens (primary N) is 1. The maximum Gasteiger partial charge on any atom is 0.187 e. The zero-order chi connectivity index (χ0) is 33.7. The summed E-state index contributed by atoms with van der Waals surface area (Å²) in [4.78, 5) is 0. The van der Waals surface area contributed by atoms with Crippen LogP contribution in [0.1, 0.15) is 0 Å². The van der Waals surface area contributed by atoms with E-state index >= 15 is 0 Å². The van der Waals surface area contributed by atoms with Crippen LogP contribution in [0.4, 0.5) is 0 Å². The van der Waals surface area contributed by atoms with E-state index in [0.717, 1.165) is 0 Å². The minimum Gasteiger partial charge on any atom is -0.395 e. The molecule has 0 aliphatic carbocycles. The Hall–Kier alpha value is -0.840. The molecule has 266 valence electrons. The summed E-state index contributed by atoms with van der Waals surface area (Å²) in [6.07, 6.45) is -32.2. The highest BCUT2D eigenvalue weighted by Crippen LogP contribution is 2.31. The average Bonchev–Trinajstić information content (AvgIpc) is 3.04. The van der Waals surface area contributed by atoms with Gasteiger partial charge in [0.05, 0.1) is 39.1 Å². The predicted molar refractivity (Wildman–Crippen MR) is 138 cm³/mol. The van der Waals surface area contributed by atoms with Crippen molar-refractivity contribution in [1.29, 1.82) is 0 Å². The second kappa shape index (κ2) is 17.0. The Morgan fingerprint density at radius 3 is 1.60 bits per heavy atom. The van der Waals surface area contributed by atoms with Gasteiger partial charge in [0.2, 0.25) is 0 Å². The molecular weight excluding hydrogens is 622 g/mol. The fraction of sp³-hybridized carbons (Fsp3) is 1.00. The molecular formula is C24H45NO20.